The number of hydrogen-bond donors (Lipinski definition) is 4. The van der Waals surface area contributed by atoms with Crippen molar-refractivity contribution in [2.45, 2.75) is 38.6 Å². The van der Waals surface area contributed by atoms with Gasteiger partial charge in [0, 0.05) is 20.0 Å². The molecule has 0 saturated carbocycles. The van der Waals surface area contributed by atoms with Gasteiger partial charge in [0.25, 0.3) is 0 Å². The molecular weight excluding hydrogens is 238 g/mol. The molecule has 0 aromatic carbocycles. The van der Waals surface area contributed by atoms with E-state index in [0.717, 1.165) is 12.8 Å². The molecule has 7 heteroatoms. The molecule has 0 saturated heterocycles. The van der Waals surface area contributed by atoms with Crippen molar-refractivity contribution >= 4 is 17.9 Å². The molecule has 104 valence electrons. The lowest BCUT2D eigenvalue weighted by atomic mass is 10.2. The van der Waals surface area contributed by atoms with Crippen LogP contribution in [0, 0.1) is 0 Å². The zero-order valence-corrected chi connectivity index (χ0v) is 10.8. The van der Waals surface area contributed by atoms with Crippen molar-refractivity contribution in [3.8, 4) is 0 Å². The molecule has 0 fully saturated rings. The lowest BCUT2D eigenvalue weighted by Crippen LogP contribution is -2.47. The maximum atomic E-state index is 11.3. The van der Waals surface area contributed by atoms with Crippen LogP contribution in [-0.4, -0.2) is 42.6 Å². The van der Waals surface area contributed by atoms with Crippen LogP contribution in [0.5, 0.6) is 0 Å². The predicted molar refractivity (Wildman–Crippen MR) is 66.2 cm³/mol. The maximum Gasteiger partial charge on any atom is 0.315 e. The fourth-order valence-corrected chi connectivity index (χ4v) is 1.31. The molecular formula is C11H21N3O4. The number of likely N-dealkylation sites (N-methyl/N-ethyl adjacent to an activating group) is 1. The highest BCUT2D eigenvalue weighted by molar-refractivity contribution is 5.86. The molecule has 0 heterocycles. The van der Waals surface area contributed by atoms with Gasteiger partial charge in [-0.1, -0.05) is 6.42 Å². The number of nitrogens with one attached hydrogen (secondary N) is 3. The monoisotopic (exact) mass is 259 g/mol. The fourth-order valence-electron chi connectivity index (χ4n) is 1.31. The summed E-state index contributed by atoms with van der Waals surface area (Å²) in [7, 11) is 1.50. The Labute approximate surface area is 106 Å². The van der Waals surface area contributed by atoms with Crippen molar-refractivity contribution in [1.82, 2.24) is 16.0 Å². The van der Waals surface area contributed by atoms with E-state index >= 15 is 0 Å². The van der Waals surface area contributed by atoms with Crippen LogP contribution in [-0.2, 0) is 9.59 Å². The SMILES string of the molecule is CNC(=O)C(C)NC(=O)NCCCCCC(=O)O. The number of urea groups is 1. The number of amides is 3. The molecule has 0 spiro atoms. The average Bonchev–Trinajstić information content (AvgIpc) is 2.31. The van der Waals surface area contributed by atoms with E-state index in [9.17, 15) is 14.4 Å². The van der Waals surface area contributed by atoms with Gasteiger partial charge in [0.2, 0.25) is 5.91 Å². The van der Waals surface area contributed by atoms with Gasteiger partial charge in [-0.15, -0.1) is 0 Å². The van der Waals surface area contributed by atoms with Crippen LogP contribution in [0.1, 0.15) is 32.6 Å². The van der Waals surface area contributed by atoms with Gasteiger partial charge in [0.05, 0.1) is 0 Å². The van der Waals surface area contributed by atoms with E-state index < -0.39 is 18.0 Å². The molecule has 1 atom stereocenters. The molecule has 3 amide bonds. The topological polar surface area (TPSA) is 108 Å². The van der Waals surface area contributed by atoms with Gasteiger partial charge in [-0.2, -0.15) is 0 Å². The Balaban J connectivity index is 3.53. The van der Waals surface area contributed by atoms with Gasteiger partial charge in [-0.25, -0.2) is 4.79 Å². The summed E-state index contributed by atoms with van der Waals surface area (Å²) in [5.41, 5.74) is 0. The molecule has 0 aromatic rings. The number of unbranched alkanes of at least 4 members (excludes halogenated alkanes) is 2. The van der Waals surface area contributed by atoms with Crippen molar-refractivity contribution in [3.63, 3.8) is 0 Å². The average molecular weight is 259 g/mol. The van der Waals surface area contributed by atoms with Gasteiger partial charge in [-0.05, 0) is 19.8 Å². The minimum atomic E-state index is -0.805. The van der Waals surface area contributed by atoms with Crippen molar-refractivity contribution in [1.29, 1.82) is 0 Å². The predicted octanol–water partition coefficient (Wildman–Crippen LogP) is 0.0651. The van der Waals surface area contributed by atoms with Crippen LogP contribution < -0.4 is 16.0 Å². The summed E-state index contributed by atoms with van der Waals surface area (Å²) in [6.07, 6.45) is 2.22. The zero-order valence-electron chi connectivity index (χ0n) is 10.8. The second-order valence-corrected chi connectivity index (χ2v) is 3.94. The summed E-state index contributed by atoms with van der Waals surface area (Å²) in [5.74, 6) is -1.06. The normalized spacial score (nSPS) is 11.4. The summed E-state index contributed by atoms with van der Waals surface area (Å²) in [5, 5.41) is 15.9. The Hall–Kier alpha value is -1.79. The second kappa shape index (κ2) is 9.26. The highest BCUT2D eigenvalue weighted by atomic mass is 16.4. The Morgan fingerprint density at radius 2 is 1.83 bits per heavy atom. The molecule has 0 aliphatic carbocycles. The first kappa shape index (κ1) is 16.2. The quantitative estimate of drug-likeness (QED) is 0.462. The molecule has 0 bridgehead atoms. The first-order valence-electron chi connectivity index (χ1n) is 5.95. The van der Waals surface area contributed by atoms with Crippen molar-refractivity contribution in [2.75, 3.05) is 13.6 Å². The van der Waals surface area contributed by atoms with E-state index in [-0.39, 0.29) is 12.3 Å². The Morgan fingerprint density at radius 3 is 2.39 bits per heavy atom. The molecule has 0 radical (unpaired) electrons. The second-order valence-electron chi connectivity index (χ2n) is 3.94. The molecule has 0 aromatic heterocycles. The summed E-state index contributed by atoms with van der Waals surface area (Å²) in [4.78, 5) is 32.7. The molecule has 18 heavy (non-hydrogen) atoms. The van der Waals surface area contributed by atoms with Gasteiger partial charge >= 0.3 is 12.0 Å². The number of rotatable bonds is 8. The lowest BCUT2D eigenvalue weighted by molar-refractivity contribution is -0.137. The Kier molecular flexibility index (Phi) is 8.34. The molecule has 0 aliphatic rings. The van der Waals surface area contributed by atoms with E-state index in [1.165, 1.54) is 7.05 Å². The van der Waals surface area contributed by atoms with Gasteiger partial charge in [0.1, 0.15) is 6.04 Å². The molecule has 1 unspecified atom stereocenters. The van der Waals surface area contributed by atoms with Gasteiger partial charge in [0.15, 0.2) is 0 Å². The number of carboxylic acids is 1. The number of carbonyl (C=O) groups is 3. The van der Waals surface area contributed by atoms with Crippen LogP contribution >= 0.6 is 0 Å². The lowest BCUT2D eigenvalue weighted by Gasteiger charge is -2.12. The highest BCUT2D eigenvalue weighted by Gasteiger charge is 2.12. The largest absolute Gasteiger partial charge is 0.481 e. The van der Waals surface area contributed by atoms with Crippen molar-refractivity contribution in [3.05, 3.63) is 0 Å². The highest BCUT2D eigenvalue weighted by Crippen LogP contribution is 1.98. The minimum Gasteiger partial charge on any atom is -0.481 e. The first-order chi connectivity index (χ1) is 8.47. The number of carboxylic acid groups (broad SMARTS) is 1. The summed E-state index contributed by atoms with van der Waals surface area (Å²) in [6, 6.07) is -0.980. The standard InChI is InChI=1S/C11H21N3O4/c1-8(10(17)12-2)14-11(18)13-7-5-3-4-6-9(15)16/h8H,3-7H2,1-2H3,(H,12,17)(H,15,16)(H2,13,14,18). The molecule has 0 aliphatic heterocycles. The number of hydrogen-bond acceptors (Lipinski definition) is 3. The third-order valence-corrected chi connectivity index (χ3v) is 2.34. The van der Waals surface area contributed by atoms with E-state index in [0.29, 0.717) is 13.0 Å². The van der Waals surface area contributed by atoms with E-state index in [4.69, 9.17) is 5.11 Å². The zero-order chi connectivity index (χ0) is 14.0. The number of aliphatic carboxylic acids is 1. The van der Waals surface area contributed by atoms with Crippen LogP contribution in [0.25, 0.3) is 0 Å². The summed E-state index contributed by atoms with van der Waals surface area (Å²) < 4.78 is 0. The first-order valence-corrected chi connectivity index (χ1v) is 5.95. The van der Waals surface area contributed by atoms with Crippen LogP contribution in [0.15, 0.2) is 0 Å². The van der Waals surface area contributed by atoms with Crippen LogP contribution in [0.4, 0.5) is 4.79 Å². The fraction of sp³-hybridized carbons (Fsp3) is 0.727. The minimum absolute atomic E-state index is 0.153. The molecule has 0 rings (SSSR count). The maximum absolute atomic E-state index is 11.3. The van der Waals surface area contributed by atoms with Crippen molar-refractivity contribution < 1.29 is 19.5 Å². The third-order valence-electron chi connectivity index (χ3n) is 2.34. The van der Waals surface area contributed by atoms with E-state index in [1.54, 1.807) is 6.92 Å². The Morgan fingerprint density at radius 1 is 1.17 bits per heavy atom. The summed E-state index contributed by atoms with van der Waals surface area (Å²) >= 11 is 0. The van der Waals surface area contributed by atoms with E-state index in [2.05, 4.69) is 16.0 Å². The van der Waals surface area contributed by atoms with Crippen molar-refractivity contribution in [2.24, 2.45) is 0 Å². The van der Waals surface area contributed by atoms with Crippen LogP contribution in [0.2, 0.25) is 0 Å². The Bertz CT molecular complexity index is 294. The third kappa shape index (κ3) is 8.37. The number of carbonyl (C=O) groups excluding carboxylic acids is 2. The molecule has 4 N–H and O–H groups in total. The smallest absolute Gasteiger partial charge is 0.315 e. The molecule has 7 nitrogen and oxygen atoms in total. The van der Waals surface area contributed by atoms with E-state index in [1.807, 2.05) is 0 Å². The van der Waals surface area contributed by atoms with Crippen LogP contribution in [0.3, 0.4) is 0 Å². The van der Waals surface area contributed by atoms with Gasteiger partial charge in [-0.3, -0.25) is 9.59 Å². The summed E-state index contributed by atoms with van der Waals surface area (Å²) in [6.45, 7) is 2.05. The van der Waals surface area contributed by atoms with Gasteiger partial charge < -0.3 is 21.1 Å².